The fourth-order valence-electron chi connectivity index (χ4n) is 4.06. The lowest BCUT2D eigenvalue weighted by Gasteiger charge is -2.26. The Morgan fingerprint density at radius 3 is 1.77 bits per heavy atom. The average Bonchev–Trinajstić information content (AvgIpc) is 3.19. The molecule has 0 amide bonds. The van der Waals surface area contributed by atoms with Gasteiger partial charge in [-0.25, -0.2) is 0 Å². The quantitative estimate of drug-likeness (QED) is 0.528. The van der Waals surface area contributed by atoms with Crippen LogP contribution in [0.4, 0.5) is 17.1 Å². The predicted molar refractivity (Wildman–Crippen MR) is 109 cm³/mol. The maximum absolute atomic E-state index is 5.68. The molecule has 2 nitrogen and oxygen atoms in total. The highest BCUT2D eigenvalue weighted by Crippen LogP contribution is 2.39. The number of nitrogens with zero attached hydrogens (tertiary/aromatic N) is 1. The Hall–Kier alpha value is -2.58. The van der Waals surface area contributed by atoms with Crippen molar-refractivity contribution in [2.45, 2.75) is 31.3 Å². The summed E-state index contributed by atoms with van der Waals surface area (Å²) >= 11 is 0. The zero-order valence-electron chi connectivity index (χ0n) is 15.2. The number of hydrogen-bond acceptors (Lipinski definition) is 2. The SMILES string of the molecule is COC1CCCC1c1ccc(N(c2ccccc2)c2ccccc2)cc1. The molecule has 0 heterocycles. The van der Waals surface area contributed by atoms with E-state index < -0.39 is 0 Å². The molecule has 2 heteroatoms. The van der Waals surface area contributed by atoms with Gasteiger partial charge >= 0.3 is 0 Å². The summed E-state index contributed by atoms with van der Waals surface area (Å²) in [6.45, 7) is 0. The van der Waals surface area contributed by atoms with Crippen LogP contribution in [-0.2, 0) is 4.74 Å². The van der Waals surface area contributed by atoms with Gasteiger partial charge < -0.3 is 9.64 Å². The van der Waals surface area contributed by atoms with Crippen molar-refractivity contribution in [1.29, 1.82) is 0 Å². The van der Waals surface area contributed by atoms with E-state index in [2.05, 4.69) is 89.8 Å². The fraction of sp³-hybridized carbons (Fsp3) is 0.250. The van der Waals surface area contributed by atoms with E-state index in [4.69, 9.17) is 4.74 Å². The Morgan fingerprint density at radius 2 is 1.23 bits per heavy atom. The molecule has 132 valence electrons. The van der Waals surface area contributed by atoms with Crippen LogP contribution in [0.5, 0.6) is 0 Å². The lowest BCUT2D eigenvalue weighted by Crippen LogP contribution is -2.15. The van der Waals surface area contributed by atoms with Crippen LogP contribution in [0, 0.1) is 0 Å². The molecule has 2 unspecified atom stereocenters. The molecule has 0 aromatic heterocycles. The van der Waals surface area contributed by atoms with Crippen molar-refractivity contribution in [2.24, 2.45) is 0 Å². The smallest absolute Gasteiger partial charge is 0.0639 e. The zero-order chi connectivity index (χ0) is 17.8. The highest BCUT2D eigenvalue weighted by molar-refractivity contribution is 5.76. The molecule has 0 aliphatic heterocycles. The van der Waals surface area contributed by atoms with Crippen LogP contribution in [0.25, 0.3) is 0 Å². The highest BCUT2D eigenvalue weighted by atomic mass is 16.5. The summed E-state index contributed by atoms with van der Waals surface area (Å²) in [6.07, 6.45) is 4.01. The van der Waals surface area contributed by atoms with Crippen LogP contribution >= 0.6 is 0 Å². The highest BCUT2D eigenvalue weighted by Gasteiger charge is 2.28. The molecule has 1 aliphatic rings. The second kappa shape index (κ2) is 7.76. The summed E-state index contributed by atoms with van der Waals surface area (Å²) in [5.74, 6) is 0.524. The first kappa shape index (κ1) is 16.9. The van der Waals surface area contributed by atoms with E-state index in [0.29, 0.717) is 12.0 Å². The number of methoxy groups -OCH3 is 1. The largest absolute Gasteiger partial charge is 0.381 e. The van der Waals surface area contributed by atoms with Crippen molar-refractivity contribution in [1.82, 2.24) is 0 Å². The van der Waals surface area contributed by atoms with Crippen molar-refractivity contribution >= 4 is 17.1 Å². The Morgan fingerprint density at radius 1 is 0.692 bits per heavy atom. The van der Waals surface area contributed by atoms with Crippen LogP contribution in [0.15, 0.2) is 84.9 Å². The Bertz CT molecular complexity index is 774. The van der Waals surface area contributed by atoms with Crippen molar-refractivity contribution < 1.29 is 4.74 Å². The van der Waals surface area contributed by atoms with Gasteiger partial charge in [-0.3, -0.25) is 0 Å². The maximum Gasteiger partial charge on any atom is 0.0639 e. The molecule has 0 saturated heterocycles. The monoisotopic (exact) mass is 343 g/mol. The molecule has 0 radical (unpaired) electrons. The minimum absolute atomic E-state index is 0.361. The number of rotatable bonds is 5. The van der Waals surface area contributed by atoms with Gasteiger partial charge in [0.2, 0.25) is 0 Å². The summed E-state index contributed by atoms with van der Waals surface area (Å²) in [4.78, 5) is 2.30. The fourth-order valence-corrected chi connectivity index (χ4v) is 4.06. The summed E-state index contributed by atoms with van der Waals surface area (Å²) in [7, 11) is 1.84. The Labute approximate surface area is 156 Å². The molecule has 4 rings (SSSR count). The third-order valence-corrected chi connectivity index (χ3v) is 5.36. The molecule has 1 saturated carbocycles. The first-order valence-corrected chi connectivity index (χ1v) is 9.40. The summed E-state index contributed by atoms with van der Waals surface area (Å²) < 4.78 is 5.68. The number of benzene rings is 3. The van der Waals surface area contributed by atoms with Crippen molar-refractivity contribution in [2.75, 3.05) is 12.0 Å². The zero-order valence-corrected chi connectivity index (χ0v) is 15.2. The van der Waals surface area contributed by atoms with Crippen LogP contribution in [0.3, 0.4) is 0 Å². The second-order valence-corrected chi connectivity index (χ2v) is 6.91. The number of ether oxygens (including phenoxy) is 1. The predicted octanol–water partition coefficient (Wildman–Crippen LogP) is 6.44. The van der Waals surface area contributed by atoms with Gasteiger partial charge in [0.15, 0.2) is 0 Å². The average molecular weight is 343 g/mol. The molecule has 1 fully saturated rings. The molecule has 26 heavy (non-hydrogen) atoms. The molecular weight excluding hydrogens is 318 g/mol. The molecule has 0 bridgehead atoms. The lowest BCUT2D eigenvalue weighted by atomic mass is 9.95. The lowest BCUT2D eigenvalue weighted by molar-refractivity contribution is 0.0945. The van der Waals surface area contributed by atoms with Crippen LogP contribution < -0.4 is 4.90 Å². The summed E-state index contributed by atoms with van der Waals surface area (Å²) in [5, 5.41) is 0. The summed E-state index contributed by atoms with van der Waals surface area (Å²) in [6, 6.07) is 30.1. The first-order chi connectivity index (χ1) is 12.9. The Balaban J connectivity index is 1.68. The van der Waals surface area contributed by atoms with E-state index in [9.17, 15) is 0 Å². The van der Waals surface area contributed by atoms with Gasteiger partial charge in [-0.15, -0.1) is 0 Å². The number of para-hydroxylation sites is 2. The minimum Gasteiger partial charge on any atom is -0.381 e. The van der Waals surface area contributed by atoms with Gasteiger partial charge in [0, 0.05) is 30.1 Å². The van der Waals surface area contributed by atoms with Crippen molar-refractivity contribution in [3.8, 4) is 0 Å². The Kier molecular flexibility index (Phi) is 5.03. The van der Waals surface area contributed by atoms with Crippen molar-refractivity contribution in [3.63, 3.8) is 0 Å². The van der Waals surface area contributed by atoms with Gasteiger partial charge in [-0.05, 0) is 54.8 Å². The van der Waals surface area contributed by atoms with Gasteiger partial charge in [-0.1, -0.05) is 55.0 Å². The van der Waals surface area contributed by atoms with Crippen LogP contribution in [-0.4, -0.2) is 13.2 Å². The molecule has 0 spiro atoms. The van der Waals surface area contributed by atoms with Gasteiger partial charge in [0.25, 0.3) is 0 Å². The van der Waals surface area contributed by atoms with E-state index in [1.54, 1.807) is 0 Å². The third kappa shape index (κ3) is 3.38. The molecule has 3 aromatic carbocycles. The normalized spacial score (nSPS) is 19.4. The van der Waals surface area contributed by atoms with E-state index in [-0.39, 0.29) is 0 Å². The minimum atomic E-state index is 0.361. The van der Waals surface area contributed by atoms with Gasteiger partial charge in [-0.2, -0.15) is 0 Å². The first-order valence-electron chi connectivity index (χ1n) is 9.40. The summed E-state index contributed by atoms with van der Waals surface area (Å²) in [5.41, 5.74) is 4.90. The van der Waals surface area contributed by atoms with Crippen molar-refractivity contribution in [3.05, 3.63) is 90.5 Å². The van der Waals surface area contributed by atoms with Crippen LogP contribution in [0.2, 0.25) is 0 Å². The molecular formula is C24H25NO. The van der Waals surface area contributed by atoms with Crippen LogP contribution in [0.1, 0.15) is 30.7 Å². The van der Waals surface area contributed by atoms with E-state index in [1.165, 1.54) is 41.9 Å². The number of hydrogen-bond donors (Lipinski definition) is 0. The molecule has 0 N–H and O–H groups in total. The van der Waals surface area contributed by atoms with E-state index in [1.807, 2.05) is 7.11 Å². The van der Waals surface area contributed by atoms with E-state index in [0.717, 1.165) is 0 Å². The topological polar surface area (TPSA) is 12.5 Å². The van der Waals surface area contributed by atoms with E-state index >= 15 is 0 Å². The third-order valence-electron chi connectivity index (χ3n) is 5.36. The maximum atomic E-state index is 5.68. The standard InChI is InChI=1S/C24H25NO/c1-26-24-14-8-13-23(24)19-15-17-22(18-16-19)25(20-9-4-2-5-10-20)21-11-6-3-7-12-21/h2-7,9-12,15-18,23-24H,8,13-14H2,1H3. The molecule has 2 atom stereocenters. The number of anilines is 3. The van der Waals surface area contributed by atoms with Gasteiger partial charge in [0.05, 0.1) is 6.10 Å². The van der Waals surface area contributed by atoms with Gasteiger partial charge in [0.1, 0.15) is 0 Å². The molecule has 3 aromatic rings. The second-order valence-electron chi connectivity index (χ2n) is 6.91. The molecule has 1 aliphatic carbocycles.